The fourth-order valence-electron chi connectivity index (χ4n) is 2.99. The number of aryl methyl sites for hydroxylation is 1. The van der Waals surface area contributed by atoms with E-state index < -0.39 is 4.92 Å². The Hall–Kier alpha value is -3.54. The molecule has 0 radical (unpaired) electrons. The van der Waals surface area contributed by atoms with E-state index in [1.165, 1.54) is 12.1 Å². The lowest BCUT2D eigenvalue weighted by Crippen LogP contribution is -1.98. The van der Waals surface area contributed by atoms with E-state index in [1.54, 1.807) is 16.9 Å². The summed E-state index contributed by atoms with van der Waals surface area (Å²) in [5.74, 6) is 0. The first-order valence-corrected chi connectivity index (χ1v) is 7.80. The number of hydrogen-bond acceptors (Lipinski definition) is 4. The molecule has 4 aromatic rings. The van der Waals surface area contributed by atoms with Crippen LogP contribution in [0.2, 0.25) is 0 Å². The summed E-state index contributed by atoms with van der Waals surface area (Å²) in [7, 11) is 0. The first-order valence-electron chi connectivity index (χ1n) is 7.80. The molecule has 0 saturated carbocycles. The lowest BCUT2D eigenvalue weighted by atomic mass is 10.1. The van der Waals surface area contributed by atoms with Crippen LogP contribution in [0, 0.1) is 17.0 Å². The van der Waals surface area contributed by atoms with Crippen LogP contribution < -0.4 is 0 Å². The molecule has 0 fully saturated rings. The van der Waals surface area contributed by atoms with Gasteiger partial charge in [0.25, 0.3) is 5.69 Å². The largest absolute Gasteiger partial charge is 0.271 e. The molecule has 25 heavy (non-hydrogen) atoms. The molecule has 0 aliphatic rings. The van der Waals surface area contributed by atoms with Crippen LogP contribution in [0.5, 0.6) is 0 Å². The van der Waals surface area contributed by atoms with Crippen LogP contribution in [0.1, 0.15) is 5.69 Å². The minimum atomic E-state index is -0.404. The molecule has 0 aliphatic heterocycles. The maximum atomic E-state index is 11.1. The molecule has 6 nitrogen and oxygen atoms in total. The van der Waals surface area contributed by atoms with Crippen molar-refractivity contribution in [3.8, 4) is 16.9 Å². The van der Waals surface area contributed by atoms with Gasteiger partial charge in [0.2, 0.25) is 0 Å². The van der Waals surface area contributed by atoms with E-state index in [1.807, 2.05) is 49.4 Å². The topological polar surface area (TPSA) is 73.8 Å². The quantitative estimate of drug-likeness (QED) is 0.414. The Morgan fingerprint density at radius 3 is 2.60 bits per heavy atom. The van der Waals surface area contributed by atoms with Crippen molar-refractivity contribution >= 4 is 16.6 Å². The highest BCUT2D eigenvalue weighted by molar-refractivity contribution is 5.95. The van der Waals surface area contributed by atoms with Crippen LogP contribution in [0.25, 0.3) is 27.8 Å². The fraction of sp³-hybridized carbons (Fsp3) is 0.0526. The second-order valence-electron chi connectivity index (χ2n) is 5.69. The molecule has 0 unspecified atom stereocenters. The summed E-state index contributed by atoms with van der Waals surface area (Å²) < 4.78 is 1.73. The maximum absolute atomic E-state index is 11.1. The van der Waals surface area contributed by atoms with Crippen LogP contribution in [0.4, 0.5) is 5.69 Å². The van der Waals surface area contributed by atoms with Crippen LogP contribution in [0.3, 0.4) is 0 Å². The molecule has 0 amide bonds. The van der Waals surface area contributed by atoms with E-state index in [-0.39, 0.29) is 5.69 Å². The monoisotopic (exact) mass is 330 g/mol. The van der Waals surface area contributed by atoms with E-state index in [9.17, 15) is 10.1 Å². The molecule has 2 aromatic heterocycles. The van der Waals surface area contributed by atoms with Gasteiger partial charge in [0.05, 0.1) is 27.5 Å². The molecule has 0 spiro atoms. The molecule has 4 rings (SSSR count). The number of nitro groups is 1. The summed E-state index contributed by atoms with van der Waals surface area (Å²) in [6.07, 6.45) is 1.74. The smallest absolute Gasteiger partial charge is 0.258 e. The molecule has 0 N–H and O–H groups in total. The van der Waals surface area contributed by atoms with Crippen molar-refractivity contribution in [1.82, 2.24) is 14.8 Å². The first-order chi connectivity index (χ1) is 12.1. The Morgan fingerprint density at radius 1 is 1.04 bits per heavy atom. The van der Waals surface area contributed by atoms with E-state index in [2.05, 4.69) is 10.1 Å². The lowest BCUT2D eigenvalue weighted by Gasteiger charge is -2.05. The van der Waals surface area contributed by atoms with Crippen molar-refractivity contribution < 1.29 is 4.92 Å². The minimum absolute atomic E-state index is 0.0381. The van der Waals surface area contributed by atoms with Crippen molar-refractivity contribution in [2.75, 3.05) is 0 Å². The zero-order valence-electron chi connectivity index (χ0n) is 13.5. The number of rotatable bonds is 3. The van der Waals surface area contributed by atoms with Crippen LogP contribution in [-0.2, 0) is 0 Å². The summed E-state index contributed by atoms with van der Waals surface area (Å²) in [6.45, 7) is 1.92. The number of fused-ring (bicyclic) bond motifs is 1. The van der Waals surface area contributed by atoms with Crippen molar-refractivity contribution in [2.45, 2.75) is 6.92 Å². The first kappa shape index (κ1) is 15.0. The van der Waals surface area contributed by atoms with Crippen molar-refractivity contribution in [3.05, 3.63) is 82.7 Å². The Balaban J connectivity index is 1.96. The molecule has 0 saturated heterocycles. The second kappa shape index (κ2) is 5.83. The number of non-ortho nitro benzene ring substituents is 1. The number of hydrogen-bond donors (Lipinski definition) is 0. The van der Waals surface area contributed by atoms with Gasteiger partial charge in [-0.2, -0.15) is 5.10 Å². The Kier molecular flexibility index (Phi) is 3.50. The predicted molar refractivity (Wildman–Crippen MR) is 95.7 cm³/mol. The van der Waals surface area contributed by atoms with Crippen LogP contribution in [0.15, 0.2) is 66.9 Å². The zero-order valence-corrected chi connectivity index (χ0v) is 13.5. The lowest BCUT2D eigenvalue weighted by molar-refractivity contribution is -0.384. The number of benzene rings is 2. The van der Waals surface area contributed by atoms with Gasteiger partial charge in [0.15, 0.2) is 0 Å². The highest BCUT2D eigenvalue weighted by Crippen LogP contribution is 2.30. The third-order valence-electron chi connectivity index (χ3n) is 4.10. The second-order valence-corrected chi connectivity index (χ2v) is 5.69. The van der Waals surface area contributed by atoms with Gasteiger partial charge in [-0.05, 0) is 19.1 Å². The van der Waals surface area contributed by atoms with E-state index >= 15 is 0 Å². The predicted octanol–water partition coefficient (Wildman–Crippen LogP) is 4.30. The van der Waals surface area contributed by atoms with Gasteiger partial charge in [0.1, 0.15) is 0 Å². The van der Waals surface area contributed by atoms with Crippen LogP contribution >= 0.6 is 0 Å². The average molecular weight is 330 g/mol. The molecule has 6 heteroatoms. The summed E-state index contributed by atoms with van der Waals surface area (Å²) in [5.41, 5.74) is 4.25. The fourth-order valence-corrected chi connectivity index (χ4v) is 2.99. The van der Waals surface area contributed by atoms with Gasteiger partial charge in [-0.1, -0.05) is 36.4 Å². The van der Waals surface area contributed by atoms with E-state index in [0.717, 1.165) is 27.9 Å². The molecule has 0 atom stereocenters. The van der Waals surface area contributed by atoms with Crippen LogP contribution in [-0.4, -0.2) is 19.7 Å². The summed E-state index contributed by atoms with van der Waals surface area (Å²) in [6, 6.07) is 18.2. The van der Waals surface area contributed by atoms with E-state index in [0.29, 0.717) is 5.69 Å². The van der Waals surface area contributed by atoms with Gasteiger partial charge in [-0.25, -0.2) is 4.68 Å². The van der Waals surface area contributed by atoms with Gasteiger partial charge < -0.3 is 0 Å². The van der Waals surface area contributed by atoms with E-state index in [4.69, 9.17) is 0 Å². The highest BCUT2D eigenvalue weighted by atomic mass is 16.6. The van der Waals surface area contributed by atoms with Crippen molar-refractivity contribution in [1.29, 1.82) is 0 Å². The van der Waals surface area contributed by atoms with Gasteiger partial charge >= 0.3 is 0 Å². The average Bonchev–Trinajstić information content (AvgIpc) is 3.00. The number of nitro benzene ring substituents is 1. The third-order valence-corrected chi connectivity index (χ3v) is 4.10. The SMILES string of the molecule is Cc1nn(-c2cccc([N+](=O)[O-])c2)c2ccnc(-c3ccccc3)c12. The summed E-state index contributed by atoms with van der Waals surface area (Å²) in [5, 5.41) is 16.6. The Bertz CT molecular complexity index is 1090. The van der Waals surface area contributed by atoms with Crippen molar-refractivity contribution in [2.24, 2.45) is 0 Å². The molecular formula is C19H14N4O2. The molecule has 122 valence electrons. The number of pyridine rings is 1. The Labute approximate surface area is 143 Å². The number of aromatic nitrogens is 3. The third kappa shape index (κ3) is 2.53. The standard InChI is InChI=1S/C19H14N4O2/c1-13-18-17(10-11-20-19(18)14-6-3-2-4-7-14)22(21-13)15-8-5-9-16(12-15)23(24)25/h2-12H,1H3. The summed E-state index contributed by atoms with van der Waals surface area (Å²) >= 11 is 0. The Morgan fingerprint density at radius 2 is 1.84 bits per heavy atom. The van der Waals surface area contributed by atoms with Crippen molar-refractivity contribution in [3.63, 3.8) is 0 Å². The molecule has 0 aliphatic carbocycles. The highest BCUT2D eigenvalue weighted by Gasteiger charge is 2.16. The molecule has 0 bridgehead atoms. The van der Waals surface area contributed by atoms with Gasteiger partial charge in [-0.3, -0.25) is 15.1 Å². The number of nitrogens with zero attached hydrogens (tertiary/aromatic N) is 4. The van der Waals surface area contributed by atoms with Gasteiger partial charge in [-0.15, -0.1) is 0 Å². The minimum Gasteiger partial charge on any atom is -0.258 e. The normalized spacial score (nSPS) is 10.9. The maximum Gasteiger partial charge on any atom is 0.271 e. The summed E-state index contributed by atoms with van der Waals surface area (Å²) in [4.78, 5) is 15.2. The zero-order chi connectivity index (χ0) is 17.4. The molecule has 2 heterocycles. The molecular weight excluding hydrogens is 316 g/mol. The van der Waals surface area contributed by atoms with Gasteiger partial charge in [0, 0.05) is 29.3 Å². The molecule has 2 aromatic carbocycles.